The van der Waals surface area contributed by atoms with E-state index < -0.39 is 32.9 Å². The second-order valence-electron chi connectivity index (χ2n) is 6.21. The Morgan fingerprint density at radius 1 is 1.12 bits per heavy atom. The van der Waals surface area contributed by atoms with Gasteiger partial charge in [0.25, 0.3) is 15.9 Å². The van der Waals surface area contributed by atoms with Gasteiger partial charge in [-0.05, 0) is 43.3 Å². The highest BCUT2D eigenvalue weighted by Gasteiger charge is 2.31. The number of sulfonamides is 1. The highest BCUT2D eigenvalue weighted by molar-refractivity contribution is 7.90. The van der Waals surface area contributed by atoms with Gasteiger partial charge in [0.2, 0.25) is 0 Å². The van der Waals surface area contributed by atoms with Crippen LogP contribution in [0.15, 0.2) is 47.4 Å². The molecule has 32 heavy (non-hydrogen) atoms. The normalized spacial score (nSPS) is 11.8. The largest absolute Gasteiger partial charge is 0.573 e. The number of amides is 1. The van der Waals surface area contributed by atoms with E-state index in [9.17, 15) is 26.4 Å². The third-order valence-corrected chi connectivity index (χ3v) is 5.74. The van der Waals surface area contributed by atoms with Crippen molar-refractivity contribution in [2.24, 2.45) is 0 Å². The summed E-state index contributed by atoms with van der Waals surface area (Å²) in [5.41, 5.74) is 0.274. The van der Waals surface area contributed by atoms with E-state index in [1.165, 1.54) is 24.8 Å². The van der Waals surface area contributed by atoms with Crippen LogP contribution >= 0.6 is 11.6 Å². The molecule has 0 bridgehead atoms. The molecule has 1 amide bonds. The van der Waals surface area contributed by atoms with Gasteiger partial charge in [0.1, 0.15) is 11.5 Å². The van der Waals surface area contributed by atoms with Crippen molar-refractivity contribution < 1.29 is 35.9 Å². The molecule has 0 saturated carbocycles. The van der Waals surface area contributed by atoms with Gasteiger partial charge in [0.05, 0.1) is 28.4 Å². The number of nitrogens with one attached hydrogen (secondary N) is 1. The molecule has 0 spiro atoms. The van der Waals surface area contributed by atoms with E-state index in [4.69, 9.17) is 16.3 Å². The molecule has 3 rings (SSSR count). The third-order valence-electron chi connectivity index (χ3n) is 4.09. The van der Waals surface area contributed by atoms with Gasteiger partial charge in [-0.3, -0.25) is 4.79 Å². The highest BCUT2D eigenvalue weighted by atomic mass is 35.5. The monoisotopic (exact) mass is 490 g/mol. The predicted octanol–water partition coefficient (Wildman–Crippen LogP) is 3.26. The average Bonchev–Trinajstić information content (AvgIpc) is 3.08. The van der Waals surface area contributed by atoms with E-state index in [1.54, 1.807) is 16.9 Å². The maximum Gasteiger partial charge on any atom is 0.573 e. The van der Waals surface area contributed by atoms with Gasteiger partial charge in [-0.15, -0.1) is 18.3 Å². The van der Waals surface area contributed by atoms with Gasteiger partial charge in [-0.25, -0.2) is 17.8 Å². The van der Waals surface area contributed by atoms with E-state index in [2.05, 4.69) is 15.0 Å². The molecule has 170 valence electrons. The van der Waals surface area contributed by atoms with E-state index in [0.717, 1.165) is 24.3 Å². The fourth-order valence-corrected chi connectivity index (χ4v) is 3.81. The topological polar surface area (TPSA) is 112 Å². The Hall–Kier alpha value is -3.32. The Balaban J connectivity index is 1.81. The lowest BCUT2D eigenvalue weighted by Gasteiger charge is -2.10. The van der Waals surface area contributed by atoms with Crippen LogP contribution in [0.3, 0.4) is 0 Å². The molecule has 0 unspecified atom stereocenters. The van der Waals surface area contributed by atoms with Gasteiger partial charge in [0.15, 0.2) is 5.69 Å². The molecule has 14 heteroatoms. The smallest absolute Gasteiger partial charge is 0.497 e. The number of carbonyl (C=O) groups excluding carboxylic acids is 1. The Morgan fingerprint density at radius 3 is 2.31 bits per heavy atom. The fourth-order valence-electron chi connectivity index (χ4n) is 2.60. The Labute approximate surface area is 184 Å². The van der Waals surface area contributed by atoms with E-state index in [0.29, 0.717) is 11.4 Å². The molecular weight excluding hydrogens is 477 g/mol. The minimum absolute atomic E-state index is 0.193. The first kappa shape index (κ1) is 23.3. The van der Waals surface area contributed by atoms with E-state index in [1.807, 2.05) is 0 Å². The summed E-state index contributed by atoms with van der Waals surface area (Å²) in [5, 5.41) is 7.79. The summed E-state index contributed by atoms with van der Waals surface area (Å²) in [5.74, 6) is -1.21. The second kappa shape index (κ2) is 8.67. The number of methoxy groups -OCH3 is 1. The molecule has 1 aromatic heterocycles. The van der Waals surface area contributed by atoms with Gasteiger partial charge < -0.3 is 9.47 Å². The highest BCUT2D eigenvalue weighted by Crippen LogP contribution is 2.27. The van der Waals surface area contributed by atoms with Crippen molar-refractivity contribution in [3.8, 4) is 17.2 Å². The van der Waals surface area contributed by atoms with Crippen molar-refractivity contribution in [1.29, 1.82) is 0 Å². The number of alkyl halides is 3. The summed E-state index contributed by atoms with van der Waals surface area (Å²) in [6, 6.07) is 8.04. The second-order valence-corrected chi connectivity index (χ2v) is 8.30. The average molecular weight is 491 g/mol. The first-order valence-corrected chi connectivity index (χ1v) is 10.5. The van der Waals surface area contributed by atoms with Crippen LogP contribution in [0.25, 0.3) is 5.69 Å². The van der Waals surface area contributed by atoms with Crippen molar-refractivity contribution in [3.63, 3.8) is 0 Å². The number of hydrogen-bond donors (Lipinski definition) is 1. The molecule has 0 aliphatic rings. The molecule has 0 aliphatic heterocycles. The van der Waals surface area contributed by atoms with Gasteiger partial charge in [-0.2, -0.15) is 0 Å². The molecular formula is C18H14ClF3N4O5S. The minimum atomic E-state index is -4.93. The lowest BCUT2D eigenvalue weighted by molar-refractivity contribution is -0.274. The standard InChI is InChI=1S/C18H14ClF3N4O5S/c1-10-16(23-25-26(10)15-8-5-12(30-2)9-14(15)19)17(27)24-32(28,29)13-6-3-11(4-7-13)31-18(20,21)22/h3-9H,1-2H3,(H,24,27). The van der Waals surface area contributed by atoms with Crippen molar-refractivity contribution in [2.45, 2.75) is 18.2 Å². The number of benzene rings is 2. The zero-order valence-corrected chi connectivity index (χ0v) is 17.9. The molecule has 0 radical (unpaired) electrons. The summed E-state index contributed by atoms with van der Waals surface area (Å²) < 4.78 is 73.4. The van der Waals surface area contributed by atoms with Crippen molar-refractivity contribution in [3.05, 3.63) is 58.9 Å². The minimum Gasteiger partial charge on any atom is -0.497 e. The number of aromatic nitrogens is 3. The Morgan fingerprint density at radius 2 is 1.75 bits per heavy atom. The van der Waals surface area contributed by atoms with Crippen LogP contribution in [0, 0.1) is 6.92 Å². The molecule has 1 heterocycles. The van der Waals surface area contributed by atoms with Crippen LogP contribution < -0.4 is 14.2 Å². The van der Waals surface area contributed by atoms with Crippen LogP contribution in [0.4, 0.5) is 13.2 Å². The first-order chi connectivity index (χ1) is 14.9. The number of rotatable bonds is 6. The quantitative estimate of drug-likeness (QED) is 0.564. The molecule has 9 nitrogen and oxygen atoms in total. The predicted molar refractivity (Wildman–Crippen MR) is 105 cm³/mol. The number of hydrogen-bond acceptors (Lipinski definition) is 7. The summed E-state index contributed by atoms with van der Waals surface area (Å²) in [6.45, 7) is 1.48. The summed E-state index contributed by atoms with van der Waals surface area (Å²) >= 11 is 6.20. The Bertz CT molecular complexity index is 1260. The first-order valence-electron chi connectivity index (χ1n) is 8.60. The van der Waals surface area contributed by atoms with Gasteiger partial charge in [-0.1, -0.05) is 16.8 Å². The molecule has 0 fully saturated rings. The van der Waals surface area contributed by atoms with Crippen molar-refractivity contribution >= 4 is 27.5 Å². The van der Waals surface area contributed by atoms with Crippen LogP contribution in [0.2, 0.25) is 5.02 Å². The maximum atomic E-state index is 12.5. The number of ether oxygens (including phenoxy) is 2. The SMILES string of the molecule is COc1ccc(-n2nnc(C(=O)NS(=O)(=O)c3ccc(OC(F)(F)F)cc3)c2C)c(Cl)c1. The Kier molecular flexibility index (Phi) is 6.32. The molecule has 0 atom stereocenters. The fraction of sp³-hybridized carbons (Fsp3) is 0.167. The lowest BCUT2D eigenvalue weighted by Crippen LogP contribution is -2.31. The van der Waals surface area contributed by atoms with Gasteiger partial charge in [0, 0.05) is 6.07 Å². The summed E-state index contributed by atoms with van der Waals surface area (Å²) in [7, 11) is -2.95. The molecule has 0 saturated heterocycles. The molecule has 3 aromatic rings. The number of carbonyl (C=O) groups is 1. The lowest BCUT2D eigenvalue weighted by atomic mass is 10.2. The number of nitrogens with zero attached hydrogens (tertiary/aromatic N) is 3. The van der Waals surface area contributed by atoms with Crippen LogP contribution in [-0.4, -0.2) is 42.8 Å². The summed E-state index contributed by atoms with van der Waals surface area (Å²) in [6.07, 6.45) is -4.93. The van der Waals surface area contributed by atoms with Crippen molar-refractivity contribution in [1.82, 2.24) is 19.7 Å². The summed E-state index contributed by atoms with van der Waals surface area (Å²) in [4.78, 5) is 12.1. The van der Waals surface area contributed by atoms with Crippen LogP contribution in [0.5, 0.6) is 11.5 Å². The maximum absolute atomic E-state index is 12.5. The molecule has 0 aliphatic carbocycles. The number of halogens is 4. The van der Waals surface area contributed by atoms with Gasteiger partial charge >= 0.3 is 6.36 Å². The van der Waals surface area contributed by atoms with E-state index >= 15 is 0 Å². The third kappa shape index (κ3) is 5.11. The van der Waals surface area contributed by atoms with Crippen molar-refractivity contribution in [2.75, 3.05) is 7.11 Å². The van der Waals surface area contributed by atoms with E-state index in [-0.39, 0.29) is 16.4 Å². The van der Waals surface area contributed by atoms with Crippen LogP contribution in [0.1, 0.15) is 16.2 Å². The molecule has 2 aromatic carbocycles. The zero-order chi connectivity index (χ0) is 23.7. The molecule has 1 N–H and O–H groups in total. The van der Waals surface area contributed by atoms with Crippen LogP contribution in [-0.2, 0) is 10.0 Å². The zero-order valence-electron chi connectivity index (χ0n) is 16.3.